The summed E-state index contributed by atoms with van der Waals surface area (Å²) < 4.78 is 1.66. The molecule has 5 nitrogen and oxygen atoms in total. The third kappa shape index (κ3) is 1.74. The summed E-state index contributed by atoms with van der Waals surface area (Å²) in [6.07, 6.45) is 2.50. The van der Waals surface area contributed by atoms with Crippen LogP contribution in [0, 0.1) is 6.92 Å². The first-order valence-electron chi connectivity index (χ1n) is 4.83. The second kappa shape index (κ2) is 4.02. The maximum Gasteiger partial charge on any atom is 0.255 e. The Bertz CT molecular complexity index is 479. The standard InChI is InChI=1S/C9H12ClN5/c1-3-4-11-8-6(2)7(10)14-9-12-5-13-15(8)9/h5,11H,3-4H2,1-2H3. The molecule has 0 aliphatic heterocycles. The number of nitrogens with one attached hydrogen (secondary N) is 1. The molecule has 1 N–H and O–H groups in total. The summed E-state index contributed by atoms with van der Waals surface area (Å²) in [5.41, 5.74) is 0.892. The van der Waals surface area contributed by atoms with E-state index in [1.807, 2.05) is 6.92 Å². The SMILES string of the molecule is CCCNc1c(C)c(Cl)nc2ncnn12. The molecule has 0 saturated carbocycles. The van der Waals surface area contributed by atoms with Gasteiger partial charge >= 0.3 is 0 Å². The van der Waals surface area contributed by atoms with Crippen molar-refractivity contribution in [3.63, 3.8) is 0 Å². The van der Waals surface area contributed by atoms with Gasteiger partial charge in [0.15, 0.2) is 0 Å². The molecule has 0 radical (unpaired) electrons. The molecule has 0 aliphatic rings. The fraction of sp³-hybridized carbons (Fsp3) is 0.444. The highest BCUT2D eigenvalue weighted by Gasteiger charge is 2.10. The Labute approximate surface area is 92.5 Å². The molecule has 2 aromatic heterocycles. The summed E-state index contributed by atoms with van der Waals surface area (Å²) in [6, 6.07) is 0. The lowest BCUT2D eigenvalue weighted by Gasteiger charge is -2.10. The second-order valence-electron chi connectivity index (χ2n) is 3.27. The van der Waals surface area contributed by atoms with Gasteiger partial charge in [0, 0.05) is 12.1 Å². The van der Waals surface area contributed by atoms with Crippen molar-refractivity contribution in [2.24, 2.45) is 0 Å². The summed E-state index contributed by atoms with van der Waals surface area (Å²) in [7, 11) is 0. The molecule has 0 fully saturated rings. The van der Waals surface area contributed by atoms with Crippen LogP contribution in [0.15, 0.2) is 6.33 Å². The zero-order valence-corrected chi connectivity index (χ0v) is 9.41. The van der Waals surface area contributed by atoms with E-state index < -0.39 is 0 Å². The third-order valence-electron chi connectivity index (χ3n) is 2.15. The minimum atomic E-state index is 0.467. The van der Waals surface area contributed by atoms with Gasteiger partial charge in [-0.15, -0.1) is 0 Å². The Hall–Kier alpha value is -1.36. The Morgan fingerprint density at radius 3 is 3.07 bits per heavy atom. The van der Waals surface area contributed by atoms with Gasteiger partial charge in [0.05, 0.1) is 0 Å². The van der Waals surface area contributed by atoms with Crippen molar-refractivity contribution in [3.8, 4) is 0 Å². The van der Waals surface area contributed by atoms with Crippen LogP contribution in [-0.4, -0.2) is 26.1 Å². The number of hydrogen-bond donors (Lipinski definition) is 1. The number of fused-ring (bicyclic) bond motifs is 1. The monoisotopic (exact) mass is 225 g/mol. The van der Waals surface area contributed by atoms with Gasteiger partial charge in [0.1, 0.15) is 17.3 Å². The normalized spacial score (nSPS) is 10.9. The summed E-state index contributed by atoms with van der Waals surface area (Å²) in [6.45, 7) is 4.88. The van der Waals surface area contributed by atoms with Crippen molar-refractivity contribution in [1.82, 2.24) is 19.6 Å². The predicted octanol–water partition coefficient (Wildman–Crippen LogP) is 1.91. The lowest BCUT2D eigenvalue weighted by atomic mass is 10.3. The van der Waals surface area contributed by atoms with E-state index in [1.54, 1.807) is 4.52 Å². The zero-order chi connectivity index (χ0) is 10.8. The number of rotatable bonds is 3. The number of nitrogens with zero attached hydrogens (tertiary/aromatic N) is 4. The van der Waals surface area contributed by atoms with Crippen LogP contribution in [0.1, 0.15) is 18.9 Å². The van der Waals surface area contributed by atoms with Gasteiger partial charge in [-0.1, -0.05) is 18.5 Å². The van der Waals surface area contributed by atoms with Gasteiger partial charge in [-0.25, -0.2) is 0 Å². The topological polar surface area (TPSA) is 55.1 Å². The van der Waals surface area contributed by atoms with Crippen LogP contribution in [0.4, 0.5) is 5.82 Å². The highest BCUT2D eigenvalue weighted by molar-refractivity contribution is 6.30. The van der Waals surface area contributed by atoms with E-state index in [-0.39, 0.29) is 0 Å². The maximum atomic E-state index is 6.00. The molecule has 0 spiro atoms. The van der Waals surface area contributed by atoms with Crippen LogP contribution in [0.5, 0.6) is 0 Å². The van der Waals surface area contributed by atoms with Crippen molar-refractivity contribution < 1.29 is 0 Å². The number of anilines is 1. The Morgan fingerprint density at radius 1 is 1.53 bits per heavy atom. The fourth-order valence-electron chi connectivity index (χ4n) is 1.35. The molecule has 80 valence electrons. The van der Waals surface area contributed by atoms with Crippen molar-refractivity contribution >= 4 is 23.2 Å². The predicted molar refractivity (Wildman–Crippen MR) is 59.3 cm³/mol. The quantitative estimate of drug-likeness (QED) is 0.811. The van der Waals surface area contributed by atoms with Crippen LogP contribution in [0.3, 0.4) is 0 Å². The molecular formula is C9H12ClN5. The first-order valence-corrected chi connectivity index (χ1v) is 5.21. The first-order chi connectivity index (χ1) is 7.24. The maximum absolute atomic E-state index is 6.00. The van der Waals surface area contributed by atoms with E-state index in [0.717, 1.165) is 24.3 Å². The third-order valence-corrected chi connectivity index (χ3v) is 2.51. The summed E-state index contributed by atoms with van der Waals surface area (Å²) in [5, 5.41) is 7.83. The van der Waals surface area contributed by atoms with E-state index in [2.05, 4.69) is 27.3 Å². The molecule has 0 unspecified atom stereocenters. The number of halogens is 1. The lowest BCUT2D eigenvalue weighted by molar-refractivity contribution is 0.894. The average Bonchev–Trinajstić information content (AvgIpc) is 2.66. The van der Waals surface area contributed by atoms with Gasteiger partial charge in [-0.05, 0) is 13.3 Å². The van der Waals surface area contributed by atoms with Crippen molar-refractivity contribution in [2.75, 3.05) is 11.9 Å². The molecule has 0 amide bonds. The van der Waals surface area contributed by atoms with Gasteiger partial charge in [0.25, 0.3) is 5.78 Å². The van der Waals surface area contributed by atoms with E-state index in [9.17, 15) is 0 Å². The first kappa shape index (κ1) is 10.2. The Morgan fingerprint density at radius 2 is 2.33 bits per heavy atom. The second-order valence-corrected chi connectivity index (χ2v) is 3.63. The Balaban J connectivity index is 2.56. The lowest BCUT2D eigenvalue weighted by Crippen LogP contribution is -2.09. The fourth-order valence-corrected chi connectivity index (χ4v) is 1.51. The zero-order valence-electron chi connectivity index (χ0n) is 8.66. The van der Waals surface area contributed by atoms with Crippen molar-refractivity contribution in [1.29, 1.82) is 0 Å². The van der Waals surface area contributed by atoms with Crippen LogP contribution in [0.25, 0.3) is 5.78 Å². The van der Waals surface area contributed by atoms with Crippen molar-refractivity contribution in [3.05, 3.63) is 17.0 Å². The van der Waals surface area contributed by atoms with Gasteiger partial charge < -0.3 is 5.32 Å². The highest BCUT2D eigenvalue weighted by atomic mass is 35.5. The van der Waals surface area contributed by atoms with E-state index in [1.165, 1.54) is 6.33 Å². The van der Waals surface area contributed by atoms with Gasteiger partial charge in [-0.3, -0.25) is 0 Å². The molecular weight excluding hydrogens is 214 g/mol. The van der Waals surface area contributed by atoms with Gasteiger partial charge in [-0.2, -0.15) is 19.6 Å². The molecule has 2 rings (SSSR count). The van der Waals surface area contributed by atoms with Gasteiger partial charge in [0.2, 0.25) is 0 Å². The minimum Gasteiger partial charge on any atom is -0.370 e. The molecule has 0 aromatic carbocycles. The summed E-state index contributed by atoms with van der Waals surface area (Å²) in [4.78, 5) is 8.12. The minimum absolute atomic E-state index is 0.467. The molecule has 0 saturated heterocycles. The molecule has 2 heterocycles. The average molecular weight is 226 g/mol. The number of aromatic nitrogens is 4. The molecule has 15 heavy (non-hydrogen) atoms. The summed E-state index contributed by atoms with van der Waals surface area (Å²) >= 11 is 6.00. The highest BCUT2D eigenvalue weighted by Crippen LogP contribution is 2.21. The molecule has 6 heteroatoms. The van der Waals surface area contributed by atoms with Crippen molar-refractivity contribution in [2.45, 2.75) is 20.3 Å². The van der Waals surface area contributed by atoms with E-state index in [0.29, 0.717) is 10.9 Å². The number of hydrogen-bond acceptors (Lipinski definition) is 4. The van der Waals surface area contributed by atoms with Crippen LogP contribution < -0.4 is 5.32 Å². The van der Waals surface area contributed by atoms with Crippen LogP contribution >= 0.6 is 11.6 Å². The molecule has 0 atom stereocenters. The van der Waals surface area contributed by atoms with Crippen LogP contribution in [0.2, 0.25) is 5.15 Å². The Kier molecular flexibility index (Phi) is 2.73. The molecule has 0 bridgehead atoms. The largest absolute Gasteiger partial charge is 0.370 e. The van der Waals surface area contributed by atoms with Crippen LogP contribution in [-0.2, 0) is 0 Å². The van der Waals surface area contributed by atoms with E-state index >= 15 is 0 Å². The summed E-state index contributed by atoms with van der Waals surface area (Å²) in [5.74, 6) is 1.38. The molecule has 2 aromatic rings. The van der Waals surface area contributed by atoms with E-state index in [4.69, 9.17) is 11.6 Å². The smallest absolute Gasteiger partial charge is 0.255 e. The molecule has 0 aliphatic carbocycles.